The predicted molar refractivity (Wildman–Crippen MR) is 124 cm³/mol. The molecule has 1 heterocycles. The van der Waals surface area contributed by atoms with Crippen molar-refractivity contribution in [3.05, 3.63) is 113 Å². The maximum absolute atomic E-state index is 11.2. The molecule has 150 valence electrons. The molecule has 0 spiro atoms. The lowest BCUT2D eigenvalue weighted by Gasteiger charge is -2.17. The number of rotatable bonds is 5. The minimum Gasteiger partial charge on any atom is -0.478 e. The number of thiol groups is 1. The van der Waals surface area contributed by atoms with Gasteiger partial charge in [-0.05, 0) is 29.3 Å². The molecule has 4 aromatic rings. The average Bonchev–Trinajstić information content (AvgIpc) is 2.84. The summed E-state index contributed by atoms with van der Waals surface area (Å²) < 4.78 is 0. The normalized spacial score (nSPS) is 11.5. The summed E-state index contributed by atoms with van der Waals surface area (Å²) in [6.07, 6.45) is 0. The largest absolute Gasteiger partial charge is 0.478 e. The van der Waals surface area contributed by atoms with Gasteiger partial charge in [0.25, 0.3) is 0 Å². The van der Waals surface area contributed by atoms with Crippen LogP contribution < -0.4 is 0 Å². The fourth-order valence-electron chi connectivity index (χ4n) is 3.45. The Bertz CT molecular complexity index is 1260. The topological polar surface area (TPSA) is 74.0 Å². The van der Waals surface area contributed by atoms with Crippen LogP contribution in [-0.4, -0.2) is 16.1 Å². The van der Waals surface area contributed by atoms with E-state index < -0.39 is 11.2 Å². The summed E-state index contributed by atoms with van der Waals surface area (Å²) >= 11 is 4.78. The highest BCUT2D eigenvalue weighted by atomic mass is 32.1. The van der Waals surface area contributed by atoms with Crippen molar-refractivity contribution >= 4 is 18.6 Å². The average molecular weight is 423 g/mol. The van der Waals surface area contributed by atoms with E-state index in [4.69, 9.17) is 22.7 Å². The van der Waals surface area contributed by atoms with Crippen LogP contribution in [0.15, 0.2) is 91.0 Å². The van der Waals surface area contributed by atoms with E-state index in [-0.39, 0.29) is 5.56 Å². The Labute approximate surface area is 185 Å². The lowest BCUT2D eigenvalue weighted by atomic mass is 9.94. The molecule has 31 heavy (non-hydrogen) atoms. The molecule has 0 amide bonds. The van der Waals surface area contributed by atoms with Crippen LogP contribution in [0, 0.1) is 11.3 Å². The third kappa shape index (κ3) is 4.20. The molecule has 3 aromatic carbocycles. The van der Waals surface area contributed by atoms with Gasteiger partial charge in [0.1, 0.15) is 6.07 Å². The zero-order valence-electron chi connectivity index (χ0n) is 16.4. The van der Waals surface area contributed by atoms with Crippen molar-refractivity contribution in [2.75, 3.05) is 0 Å². The van der Waals surface area contributed by atoms with Gasteiger partial charge in [0.05, 0.1) is 27.8 Å². The molecule has 4 nitrogen and oxygen atoms in total. The summed E-state index contributed by atoms with van der Waals surface area (Å²) in [6.45, 7) is 0. The molecule has 1 atom stereocenters. The highest BCUT2D eigenvalue weighted by molar-refractivity contribution is 7.80. The van der Waals surface area contributed by atoms with E-state index in [1.54, 1.807) is 12.1 Å². The van der Waals surface area contributed by atoms with Gasteiger partial charge in [-0.3, -0.25) is 0 Å². The third-order valence-electron chi connectivity index (χ3n) is 5.05. The Morgan fingerprint density at radius 2 is 1.48 bits per heavy atom. The number of hydrogen-bond donors (Lipinski definition) is 2. The molecule has 0 aliphatic carbocycles. The van der Waals surface area contributed by atoms with E-state index >= 15 is 0 Å². The maximum atomic E-state index is 11.2. The molecule has 5 heteroatoms. The van der Waals surface area contributed by atoms with Crippen LogP contribution in [0.4, 0.5) is 0 Å². The highest BCUT2D eigenvalue weighted by Crippen LogP contribution is 2.36. The predicted octanol–water partition coefficient (Wildman–Crippen LogP) is 6.00. The quantitative estimate of drug-likeness (QED) is 0.387. The number of aromatic carboxylic acids is 1. The number of carbonyl (C=O) groups is 1. The van der Waals surface area contributed by atoms with Crippen LogP contribution >= 0.6 is 12.6 Å². The molecular formula is C26H18N2O2S. The van der Waals surface area contributed by atoms with Gasteiger partial charge in [-0.15, -0.1) is 0 Å². The van der Waals surface area contributed by atoms with Gasteiger partial charge in [-0.1, -0.05) is 72.8 Å². The number of aromatic nitrogens is 1. The Kier molecular flexibility index (Phi) is 5.83. The van der Waals surface area contributed by atoms with Crippen LogP contribution in [0.25, 0.3) is 22.4 Å². The molecular weight excluding hydrogens is 404 g/mol. The molecule has 0 saturated heterocycles. The third-order valence-corrected chi connectivity index (χ3v) is 5.59. The maximum Gasteiger partial charge on any atom is 0.335 e. The first kappa shape index (κ1) is 20.4. The first-order valence-electron chi connectivity index (χ1n) is 9.65. The van der Waals surface area contributed by atoms with Crippen molar-refractivity contribution in [2.45, 2.75) is 5.25 Å². The summed E-state index contributed by atoms with van der Waals surface area (Å²) in [5.74, 6) is -0.990. The molecule has 0 radical (unpaired) electrons. The monoisotopic (exact) mass is 422 g/mol. The van der Waals surface area contributed by atoms with Gasteiger partial charge in [0.15, 0.2) is 0 Å². The van der Waals surface area contributed by atoms with Gasteiger partial charge in [-0.25, -0.2) is 9.78 Å². The number of pyridine rings is 1. The van der Waals surface area contributed by atoms with E-state index in [0.29, 0.717) is 11.3 Å². The lowest BCUT2D eigenvalue weighted by Crippen LogP contribution is -2.05. The molecule has 0 aliphatic rings. The molecule has 4 rings (SSSR count). The minimum atomic E-state index is -0.990. The molecule has 0 aliphatic heterocycles. The smallest absolute Gasteiger partial charge is 0.335 e. The Balaban J connectivity index is 1.91. The van der Waals surface area contributed by atoms with Gasteiger partial charge in [0, 0.05) is 11.1 Å². The molecule has 1 unspecified atom stereocenters. The highest BCUT2D eigenvalue weighted by Gasteiger charge is 2.21. The minimum absolute atomic E-state index is 0.195. The van der Waals surface area contributed by atoms with Crippen molar-refractivity contribution in [1.82, 2.24) is 4.98 Å². The number of benzene rings is 3. The van der Waals surface area contributed by atoms with Crippen LogP contribution in [0.5, 0.6) is 0 Å². The standard InChI is InChI=1S/C26H18N2O2S/c27-16-22-21(17-7-3-1-4-8-17)15-23(18-9-5-2-6-10-18)28-24(22)25(31)19-11-13-20(14-12-19)26(29)30/h1-15,25,31H,(H,29,30). The summed E-state index contributed by atoms with van der Waals surface area (Å²) in [6, 6.07) is 30.2. The van der Waals surface area contributed by atoms with E-state index in [1.165, 1.54) is 12.1 Å². The van der Waals surface area contributed by atoms with E-state index in [9.17, 15) is 10.1 Å². The molecule has 1 N–H and O–H groups in total. The second-order valence-electron chi connectivity index (χ2n) is 6.99. The summed E-state index contributed by atoms with van der Waals surface area (Å²) in [4.78, 5) is 16.0. The number of nitrogens with zero attached hydrogens (tertiary/aromatic N) is 2. The van der Waals surface area contributed by atoms with Gasteiger partial charge < -0.3 is 5.11 Å². The van der Waals surface area contributed by atoms with E-state index in [1.807, 2.05) is 66.7 Å². The Hall–Kier alpha value is -3.88. The fourth-order valence-corrected chi connectivity index (χ4v) is 3.81. The Morgan fingerprint density at radius 3 is 2.03 bits per heavy atom. The summed E-state index contributed by atoms with van der Waals surface area (Å²) in [5, 5.41) is 18.7. The van der Waals surface area contributed by atoms with Crippen molar-refractivity contribution in [1.29, 1.82) is 5.26 Å². The zero-order valence-corrected chi connectivity index (χ0v) is 17.3. The second-order valence-corrected chi connectivity index (χ2v) is 7.51. The van der Waals surface area contributed by atoms with Crippen molar-refractivity contribution in [3.63, 3.8) is 0 Å². The number of carboxylic acid groups (broad SMARTS) is 1. The number of hydrogen-bond acceptors (Lipinski definition) is 4. The van der Waals surface area contributed by atoms with Gasteiger partial charge >= 0.3 is 5.97 Å². The summed E-state index contributed by atoms with van der Waals surface area (Å²) in [5.41, 5.74) is 5.33. The van der Waals surface area contributed by atoms with Crippen LogP contribution in [0.2, 0.25) is 0 Å². The molecule has 0 saturated carbocycles. The zero-order chi connectivity index (χ0) is 21.8. The van der Waals surface area contributed by atoms with Crippen molar-refractivity contribution in [3.8, 4) is 28.5 Å². The number of carboxylic acids is 1. The summed E-state index contributed by atoms with van der Waals surface area (Å²) in [7, 11) is 0. The van der Waals surface area contributed by atoms with Crippen LogP contribution in [0.3, 0.4) is 0 Å². The second kappa shape index (κ2) is 8.86. The molecule has 1 aromatic heterocycles. The van der Waals surface area contributed by atoms with Crippen LogP contribution in [-0.2, 0) is 0 Å². The first-order valence-corrected chi connectivity index (χ1v) is 10.2. The molecule has 0 bridgehead atoms. The first-order chi connectivity index (χ1) is 15.1. The lowest BCUT2D eigenvalue weighted by molar-refractivity contribution is 0.0697. The van der Waals surface area contributed by atoms with Gasteiger partial charge in [0.2, 0.25) is 0 Å². The van der Waals surface area contributed by atoms with Gasteiger partial charge in [-0.2, -0.15) is 17.9 Å². The van der Waals surface area contributed by atoms with Crippen molar-refractivity contribution in [2.24, 2.45) is 0 Å². The van der Waals surface area contributed by atoms with Crippen LogP contribution in [0.1, 0.15) is 32.4 Å². The number of nitriles is 1. The van der Waals surface area contributed by atoms with Crippen molar-refractivity contribution < 1.29 is 9.90 Å². The fraction of sp³-hybridized carbons (Fsp3) is 0.0385. The Morgan fingerprint density at radius 1 is 0.903 bits per heavy atom. The molecule has 0 fully saturated rings. The van der Waals surface area contributed by atoms with E-state index in [0.717, 1.165) is 27.9 Å². The van der Waals surface area contributed by atoms with E-state index in [2.05, 4.69) is 6.07 Å². The SMILES string of the molecule is N#Cc1c(-c2ccccc2)cc(-c2ccccc2)nc1C(S)c1ccc(C(=O)O)cc1.